The van der Waals surface area contributed by atoms with Gasteiger partial charge in [-0.25, -0.2) is 4.79 Å². The van der Waals surface area contributed by atoms with Gasteiger partial charge in [-0.15, -0.1) is 0 Å². The SMILES string of the molecule is CCn1c2ccc(C(=O)/C(=N/OC(C)=O)c3ccccc3)cc2c2cc([N+](=O)[O-])ccc21. The van der Waals surface area contributed by atoms with Crippen LogP contribution >= 0.6 is 0 Å². The van der Waals surface area contributed by atoms with Crippen LogP contribution in [0.5, 0.6) is 0 Å². The third kappa shape index (κ3) is 3.74. The van der Waals surface area contributed by atoms with Crippen molar-refractivity contribution in [1.82, 2.24) is 4.57 Å². The zero-order chi connectivity index (χ0) is 22.8. The Morgan fingerprint density at radius 3 is 2.25 bits per heavy atom. The van der Waals surface area contributed by atoms with Crippen LogP contribution in [0.4, 0.5) is 5.69 Å². The van der Waals surface area contributed by atoms with Crippen LogP contribution in [0.25, 0.3) is 21.8 Å². The maximum Gasteiger partial charge on any atom is 0.332 e. The number of rotatable bonds is 6. The Morgan fingerprint density at radius 2 is 1.62 bits per heavy atom. The summed E-state index contributed by atoms with van der Waals surface area (Å²) in [6.07, 6.45) is 0. The van der Waals surface area contributed by atoms with Gasteiger partial charge >= 0.3 is 5.97 Å². The number of nitro benzene ring substituents is 1. The molecule has 4 rings (SSSR count). The fraction of sp³-hybridized carbons (Fsp3) is 0.125. The number of ketones is 1. The number of nitrogens with zero attached hydrogens (tertiary/aromatic N) is 3. The third-order valence-corrected chi connectivity index (χ3v) is 5.17. The first kappa shape index (κ1) is 20.9. The van der Waals surface area contributed by atoms with Crippen LogP contribution in [0.1, 0.15) is 29.8 Å². The first-order chi connectivity index (χ1) is 15.4. The molecule has 1 heterocycles. The summed E-state index contributed by atoms with van der Waals surface area (Å²) in [5, 5.41) is 16.5. The van der Waals surface area contributed by atoms with Gasteiger partial charge in [0.15, 0.2) is 5.71 Å². The largest absolute Gasteiger partial charge is 0.341 e. The summed E-state index contributed by atoms with van der Waals surface area (Å²) in [5.41, 5.74) is 2.50. The van der Waals surface area contributed by atoms with Gasteiger partial charge in [0, 0.05) is 58.5 Å². The van der Waals surface area contributed by atoms with E-state index in [2.05, 4.69) is 5.16 Å². The van der Waals surface area contributed by atoms with Gasteiger partial charge in [-0.05, 0) is 31.2 Å². The molecule has 0 bridgehead atoms. The lowest BCUT2D eigenvalue weighted by molar-refractivity contribution is -0.384. The third-order valence-electron chi connectivity index (χ3n) is 5.17. The number of carbonyl (C=O) groups is 2. The molecule has 32 heavy (non-hydrogen) atoms. The van der Waals surface area contributed by atoms with Crippen LogP contribution in [-0.4, -0.2) is 27.0 Å². The Kier molecular flexibility index (Phi) is 5.51. The maximum absolute atomic E-state index is 13.4. The van der Waals surface area contributed by atoms with Crippen molar-refractivity contribution in [2.24, 2.45) is 5.16 Å². The van der Waals surface area contributed by atoms with Crippen molar-refractivity contribution in [1.29, 1.82) is 0 Å². The standard InChI is InChI=1S/C24H19N3O5/c1-3-26-21-11-9-17(13-19(21)20-14-18(27(30)31)10-12-22(20)26)24(29)23(25-32-15(2)28)16-7-5-4-6-8-16/h4-14H,3H2,1-2H3/b25-23+. The number of hydrogen-bond donors (Lipinski definition) is 0. The summed E-state index contributed by atoms with van der Waals surface area (Å²) in [7, 11) is 0. The van der Waals surface area contributed by atoms with Gasteiger partial charge in [0.2, 0.25) is 5.78 Å². The van der Waals surface area contributed by atoms with E-state index < -0.39 is 16.7 Å². The summed E-state index contributed by atoms with van der Waals surface area (Å²) in [6, 6.07) is 18.6. The second-order valence-corrected chi connectivity index (χ2v) is 7.15. The quantitative estimate of drug-likeness (QED) is 0.143. The Balaban J connectivity index is 1.89. The lowest BCUT2D eigenvalue weighted by atomic mass is 9.99. The smallest absolute Gasteiger partial charge is 0.332 e. The monoisotopic (exact) mass is 429 g/mol. The molecule has 160 valence electrons. The highest BCUT2D eigenvalue weighted by molar-refractivity contribution is 6.51. The second-order valence-electron chi connectivity index (χ2n) is 7.15. The highest BCUT2D eigenvalue weighted by Crippen LogP contribution is 2.32. The zero-order valence-corrected chi connectivity index (χ0v) is 17.4. The van der Waals surface area contributed by atoms with Crippen molar-refractivity contribution in [2.45, 2.75) is 20.4 Å². The molecular formula is C24H19N3O5. The lowest BCUT2D eigenvalue weighted by Gasteiger charge is -2.07. The minimum absolute atomic E-state index is 0.00893. The molecule has 1 aromatic heterocycles. The number of benzene rings is 3. The van der Waals surface area contributed by atoms with Crippen molar-refractivity contribution < 1.29 is 19.3 Å². The van der Waals surface area contributed by atoms with E-state index in [9.17, 15) is 19.7 Å². The predicted molar refractivity (Wildman–Crippen MR) is 121 cm³/mol. The molecule has 8 heteroatoms. The Bertz CT molecular complexity index is 1400. The fourth-order valence-corrected chi connectivity index (χ4v) is 3.76. The van der Waals surface area contributed by atoms with Crippen LogP contribution in [0.3, 0.4) is 0 Å². The number of aromatic nitrogens is 1. The van der Waals surface area contributed by atoms with Gasteiger partial charge < -0.3 is 9.40 Å². The maximum atomic E-state index is 13.4. The Morgan fingerprint density at radius 1 is 0.969 bits per heavy atom. The molecule has 0 aliphatic heterocycles. The van der Waals surface area contributed by atoms with Crippen LogP contribution in [0.2, 0.25) is 0 Å². The molecule has 0 saturated carbocycles. The highest BCUT2D eigenvalue weighted by atomic mass is 16.7. The summed E-state index contributed by atoms with van der Waals surface area (Å²) < 4.78 is 2.04. The Labute approximate surface area is 182 Å². The van der Waals surface area contributed by atoms with Crippen LogP contribution in [-0.2, 0) is 16.2 Å². The second kappa shape index (κ2) is 8.43. The average molecular weight is 429 g/mol. The Hall–Kier alpha value is -4.33. The lowest BCUT2D eigenvalue weighted by Crippen LogP contribution is -2.17. The fourth-order valence-electron chi connectivity index (χ4n) is 3.76. The van der Waals surface area contributed by atoms with E-state index in [1.165, 1.54) is 19.1 Å². The van der Waals surface area contributed by atoms with Crippen LogP contribution in [0, 0.1) is 10.1 Å². The van der Waals surface area contributed by atoms with Gasteiger partial charge in [-0.2, -0.15) is 0 Å². The van der Waals surface area contributed by atoms with Crippen molar-refractivity contribution in [3.63, 3.8) is 0 Å². The van der Waals surface area contributed by atoms with Crippen molar-refractivity contribution in [3.05, 3.63) is 88.0 Å². The number of Topliss-reactive ketones (excluding diaryl/α,β-unsaturated/α-hetero) is 1. The van der Waals surface area contributed by atoms with Crippen molar-refractivity contribution in [3.8, 4) is 0 Å². The van der Waals surface area contributed by atoms with Crippen LogP contribution < -0.4 is 0 Å². The van der Waals surface area contributed by atoms with Crippen molar-refractivity contribution in [2.75, 3.05) is 0 Å². The predicted octanol–water partition coefficient (Wildman–Crippen LogP) is 4.87. The number of carbonyl (C=O) groups excluding carboxylic acids is 2. The molecule has 0 amide bonds. The van der Waals surface area contributed by atoms with E-state index in [0.717, 1.165) is 16.4 Å². The van der Waals surface area contributed by atoms with E-state index in [0.29, 0.717) is 23.1 Å². The molecule has 0 saturated heterocycles. The molecule has 4 aromatic rings. The zero-order valence-electron chi connectivity index (χ0n) is 17.4. The first-order valence-corrected chi connectivity index (χ1v) is 9.96. The van der Waals surface area contributed by atoms with E-state index in [-0.39, 0.29) is 11.4 Å². The molecule has 0 spiro atoms. The van der Waals surface area contributed by atoms with Gasteiger partial charge in [0.1, 0.15) is 0 Å². The molecule has 0 aliphatic rings. The molecule has 0 radical (unpaired) electrons. The molecule has 0 unspecified atom stereocenters. The van der Waals surface area contributed by atoms with Gasteiger partial charge in [-0.3, -0.25) is 14.9 Å². The molecule has 0 N–H and O–H groups in total. The average Bonchev–Trinajstić information content (AvgIpc) is 3.11. The van der Waals surface area contributed by atoms with E-state index in [1.807, 2.05) is 17.6 Å². The number of oxime groups is 1. The summed E-state index contributed by atoms with van der Waals surface area (Å²) in [6.45, 7) is 3.85. The summed E-state index contributed by atoms with van der Waals surface area (Å²) >= 11 is 0. The molecule has 0 atom stereocenters. The highest BCUT2D eigenvalue weighted by Gasteiger charge is 2.20. The van der Waals surface area contributed by atoms with Gasteiger partial charge in [0.05, 0.1) is 4.92 Å². The molecule has 0 aliphatic carbocycles. The number of non-ortho nitro benzene ring substituents is 1. The number of nitro groups is 1. The first-order valence-electron chi connectivity index (χ1n) is 9.96. The topological polar surface area (TPSA) is 104 Å². The van der Waals surface area contributed by atoms with Crippen molar-refractivity contribution >= 4 is 45.0 Å². The minimum Gasteiger partial charge on any atom is -0.341 e. The number of aryl methyl sites for hydroxylation is 1. The van der Waals surface area contributed by atoms with E-state index in [1.54, 1.807) is 48.5 Å². The van der Waals surface area contributed by atoms with E-state index in [4.69, 9.17) is 4.84 Å². The molecular weight excluding hydrogens is 410 g/mol. The van der Waals surface area contributed by atoms with E-state index >= 15 is 0 Å². The molecule has 0 fully saturated rings. The number of fused-ring (bicyclic) bond motifs is 3. The minimum atomic E-state index is -0.639. The molecule has 8 nitrogen and oxygen atoms in total. The van der Waals surface area contributed by atoms with Gasteiger partial charge in [-0.1, -0.05) is 35.5 Å². The number of hydrogen-bond acceptors (Lipinski definition) is 6. The molecule has 3 aromatic carbocycles. The van der Waals surface area contributed by atoms with Crippen LogP contribution in [0.15, 0.2) is 71.9 Å². The van der Waals surface area contributed by atoms with Gasteiger partial charge in [0.25, 0.3) is 5.69 Å². The summed E-state index contributed by atoms with van der Waals surface area (Å²) in [5.74, 6) is -1.07. The normalized spacial score (nSPS) is 11.6. The summed E-state index contributed by atoms with van der Waals surface area (Å²) in [4.78, 5) is 40.3.